The van der Waals surface area contributed by atoms with Crippen molar-refractivity contribution in [3.05, 3.63) is 100 Å². The molecule has 134 valence electrons. The van der Waals surface area contributed by atoms with E-state index in [2.05, 4.69) is 21.7 Å². The molecule has 5 heteroatoms. The molecule has 27 heavy (non-hydrogen) atoms. The number of carboxylic acid groups (broad SMARTS) is 1. The number of carbonyl (C=O) groups is 1. The summed E-state index contributed by atoms with van der Waals surface area (Å²) in [6.45, 7) is 0.761. The molecule has 4 rings (SSSR count). The molecule has 3 aromatic carbocycles. The zero-order chi connectivity index (χ0) is 18.8. The zero-order valence-corrected chi connectivity index (χ0v) is 15.2. The number of rotatable bonds is 5. The highest BCUT2D eigenvalue weighted by Crippen LogP contribution is 2.22. The molecule has 0 amide bonds. The highest BCUT2D eigenvalue weighted by molar-refractivity contribution is 6.31. The maximum Gasteiger partial charge on any atom is 0.336 e. The van der Waals surface area contributed by atoms with Crippen LogP contribution in [0.15, 0.2) is 73.1 Å². The van der Waals surface area contributed by atoms with E-state index in [1.807, 2.05) is 42.7 Å². The van der Waals surface area contributed by atoms with Crippen molar-refractivity contribution in [1.29, 1.82) is 0 Å². The van der Waals surface area contributed by atoms with Gasteiger partial charge in [-0.1, -0.05) is 54.1 Å². The number of nitrogens with zero attached hydrogens (tertiary/aromatic N) is 2. The molecule has 0 aliphatic carbocycles. The number of carboxylic acids is 1. The van der Waals surface area contributed by atoms with Crippen LogP contribution in [0.5, 0.6) is 0 Å². The molecular formula is C22H17ClN2O2. The fourth-order valence-electron chi connectivity index (χ4n) is 3.25. The Bertz CT molecular complexity index is 1120. The van der Waals surface area contributed by atoms with Gasteiger partial charge in [0, 0.05) is 11.6 Å². The predicted molar refractivity (Wildman–Crippen MR) is 106 cm³/mol. The number of benzene rings is 3. The third-order valence-corrected chi connectivity index (χ3v) is 4.81. The Balaban J connectivity index is 1.63. The summed E-state index contributed by atoms with van der Waals surface area (Å²) in [5, 5.41) is 9.83. The Morgan fingerprint density at radius 2 is 1.81 bits per heavy atom. The van der Waals surface area contributed by atoms with Gasteiger partial charge in [-0.2, -0.15) is 0 Å². The third-order valence-electron chi connectivity index (χ3n) is 4.58. The van der Waals surface area contributed by atoms with Gasteiger partial charge >= 0.3 is 5.97 Å². The van der Waals surface area contributed by atoms with Crippen molar-refractivity contribution in [2.24, 2.45) is 0 Å². The fourth-order valence-corrected chi connectivity index (χ4v) is 3.42. The first-order valence-corrected chi connectivity index (χ1v) is 8.97. The molecule has 0 atom stereocenters. The van der Waals surface area contributed by atoms with Crippen molar-refractivity contribution in [1.82, 2.24) is 9.55 Å². The molecule has 0 fully saturated rings. The monoisotopic (exact) mass is 376 g/mol. The Hall–Kier alpha value is -3.11. The second kappa shape index (κ2) is 7.25. The Labute approximate surface area is 161 Å². The lowest BCUT2D eigenvalue weighted by Gasteiger charge is -2.08. The minimum atomic E-state index is -0.972. The summed E-state index contributed by atoms with van der Waals surface area (Å²) < 4.78 is 2.11. The summed E-state index contributed by atoms with van der Waals surface area (Å²) in [7, 11) is 0. The summed E-state index contributed by atoms with van der Waals surface area (Å²) >= 11 is 5.94. The average Bonchev–Trinajstić information content (AvgIpc) is 3.06. The number of fused-ring (bicyclic) bond motifs is 1. The molecule has 1 heterocycles. The van der Waals surface area contributed by atoms with Gasteiger partial charge < -0.3 is 9.67 Å². The predicted octanol–water partition coefficient (Wildman–Crippen LogP) is 5.03. The highest BCUT2D eigenvalue weighted by Gasteiger charge is 2.12. The number of aromatic carboxylic acids is 1. The molecule has 0 saturated carbocycles. The van der Waals surface area contributed by atoms with Crippen LogP contribution in [0.1, 0.15) is 27.0 Å². The first-order chi connectivity index (χ1) is 13.1. The Morgan fingerprint density at radius 3 is 2.59 bits per heavy atom. The molecule has 0 radical (unpaired) electrons. The first-order valence-electron chi connectivity index (χ1n) is 8.59. The first kappa shape index (κ1) is 17.3. The second-order valence-electron chi connectivity index (χ2n) is 6.46. The number of imidazole rings is 1. The number of aromatic nitrogens is 2. The van der Waals surface area contributed by atoms with E-state index in [4.69, 9.17) is 11.6 Å². The van der Waals surface area contributed by atoms with Crippen molar-refractivity contribution in [3.63, 3.8) is 0 Å². The van der Waals surface area contributed by atoms with Crippen LogP contribution in [-0.4, -0.2) is 20.6 Å². The molecule has 0 bridgehead atoms. The molecule has 0 aliphatic rings. The maximum absolute atomic E-state index is 11.5. The van der Waals surface area contributed by atoms with Gasteiger partial charge in [0.25, 0.3) is 0 Å². The summed E-state index contributed by atoms with van der Waals surface area (Å²) in [4.78, 5) is 16.0. The quantitative estimate of drug-likeness (QED) is 0.531. The maximum atomic E-state index is 11.5. The summed E-state index contributed by atoms with van der Waals surface area (Å²) in [6, 6.07) is 21.3. The topological polar surface area (TPSA) is 55.1 Å². The van der Waals surface area contributed by atoms with Crippen LogP contribution >= 0.6 is 11.6 Å². The lowest BCUT2D eigenvalue weighted by molar-refractivity contribution is 0.0696. The molecule has 1 aromatic heterocycles. The Kier molecular flexibility index (Phi) is 4.65. The van der Waals surface area contributed by atoms with Crippen LogP contribution in [0.25, 0.3) is 11.0 Å². The summed E-state index contributed by atoms with van der Waals surface area (Å²) in [6.07, 6.45) is 2.35. The minimum absolute atomic E-state index is 0.234. The largest absolute Gasteiger partial charge is 0.478 e. The number of hydrogen-bond acceptors (Lipinski definition) is 2. The van der Waals surface area contributed by atoms with Crippen LogP contribution in [-0.2, 0) is 13.0 Å². The lowest BCUT2D eigenvalue weighted by Crippen LogP contribution is -2.03. The van der Waals surface area contributed by atoms with Gasteiger partial charge in [-0.15, -0.1) is 0 Å². The van der Waals surface area contributed by atoms with Crippen molar-refractivity contribution >= 4 is 28.6 Å². The Morgan fingerprint density at radius 1 is 1.00 bits per heavy atom. The number of halogens is 1. The van der Waals surface area contributed by atoms with E-state index < -0.39 is 5.97 Å². The minimum Gasteiger partial charge on any atom is -0.478 e. The third kappa shape index (κ3) is 3.71. The molecular weight excluding hydrogens is 360 g/mol. The molecule has 1 N–H and O–H groups in total. The number of hydrogen-bond donors (Lipinski definition) is 1. The average molecular weight is 377 g/mol. The van der Waals surface area contributed by atoms with Gasteiger partial charge in [0.1, 0.15) is 0 Å². The van der Waals surface area contributed by atoms with Crippen LogP contribution in [0.2, 0.25) is 5.02 Å². The highest BCUT2D eigenvalue weighted by atomic mass is 35.5. The van der Waals surface area contributed by atoms with Crippen molar-refractivity contribution in [2.75, 3.05) is 0 Å². The smallest absolute Gasteiger partial charge is 0.336 e. The van der Waals surface area contributed by atoms with Gasteiger partial charge in [0.05, 0.1) is 22.9 Å². The standard InChI is InChI=1S/C22H17ClN2O2/c23-18-8-7-17(19(12-18)22(26)27)10-16-6-9-21-20(11-16)24-14-25(21)13-15-4-2-1-3-5-15/h1-9,11-12,14H,10,13H2,(H,26,27). The van der Waals surface area contributed by atoms with Gasteiger partial charge in [-0.3, -0.25) is 0 Å². The van der Waals surface area contributed by atoms with Gasteiger partial charge in [0.15, 0.2) is 0 Å². The van der Waals surface area contributed by atoms with E-state index in [1.54, 1.807) is 12.1 Å². The molecule has 0 aliphatic heterocycles. The van der Waals surface area contributed by atoms with Crippen molar-refractivity contribution in [2.45, 2.75) is 13.0 Å². The van der Waals surface area contributed by atoms with E-state index in [0.29, 0.717) is 11.4 Å². The van der Waals surface area contributed by atoms with E-state index >= 15 is 0 Å². The SMILES string of the molecule is O=C(O)c1cc(Cl)ccc1Cc1ccc2c(c1)ncn2Cc1ccccc1. The second-order valence-corrected chi connectivity index (χ2v) is 6.90. The van der Waals surface area contributed by atoms with Gasteiger partial charge in [-0.05, 0) is 47.4 Å². The summed E-state index contributed by atoms with van der Waals surface area (Å²) in [5.74, 6) is -0.972. The van der Waals surface area contributed by atoms with Crippen LogP contribution in [0.3, 0.4) is 0 Å². The normalized spacial score (nSPS) is 11.0. The van der Waals surface area contributed by atoms with Crippen LogP contribution in [0.4, 0.5) is 0 Å². The van der Waals surface area contributed by atoms with Crippen LogP contribution < -0.4 is 0 Å². The fraction of sp³-hybridized carbons (Fsp3) is 0.0909. The van der Waals surface area contributed by atoms with Crippen LogP contribution in [0, 0.1) is 0 Å². The van der Waals surface area contributed by atoms with E-state index in [0.717, 1.165) is 28.7 Å². The lowest BCUT2D eigenvalue weighted by atomic mass is 9.99. The van der Waals surface area contributed by atoms with Crippen molar-refractivity contribution < 1.29 is 9.90 Å². The van der Waals surface area contributed by atoms with Crippen molar-refractivity contribution in [3.8, 4) is 0 Å². The van der Waals surface area contributed by atoms with Gasteiger partial charge in [0.2, 0.25) is 0 Å². The molecule has 4 nitrogen and oxygen atoms in total. The van der Waals surface area contributed by atoms with E-state index in [9.17, 15) is 9.90 Å². The van der Waals surface area contributed by atoms with E-state index in [-0.39, 0.29) is 5.56 Å². The summed E-state index contributed by atoms with van der Waals surface area (Å²) in [5.41, 5.74) is 5.14. The molecule has 0 saturated heterocycles. The van der Waals surface area contributed by atoms with Gasteiger partial charge in [-0.25, -0.2) is 9.78 Å². The molecule has 0 spiro atoms. The van der Waals surface area contributed by atoms with E-state index in [1.165, 1.54) is 11.6 Å². The zero-order valence-electron chi connectivity index (χ0n) is 14.5. The molecule has 0 unspecified atom stereocenters. The molecule has 4 aromatic rings.